The number of likely N-dealkylation sites (tertiary alicyclic amines) is 1. The fourth-order valence-corrected chi connectivity index (χ4v) is 3.67. The quantitative estimate of drug-likeness (QED) is 0.599. The summed E-state index contributed by atoms with van der Waals surface area (Å²) in [6, 6.07) is 8.37. The molecule has 3 rings (SSSR count). The van der Waals surface area contributed by atoms with Crippen molar-refractivity contribution in [1.82, 2.24) is 14.8 Å². The minimum Gasteiger partial charge on any atom is -0.466 e. The van der Waals surface area contributed by atoms with Crippen LogP contribution < -0.4 is 4.90 Å². The monoisotopic (exact) mass is 375 g/mol. The molecule has 0 amide bonds. The molecule has 6 nitrogen and oxygen atoms in total. The molecule has 1 aliphatic rings. The number of H-pyrrole nitrogens is 1. The number of hydrogen-bond acceptors (Lipinski definition) is 4. The summed E-state index contributed by atoms with van der Waals surface area (Å²) in [5.41, 5.74) is 2.33. The topological polar surface area (TPSA) is 64.3 Å². The van der Waals surface area contributed by atoms with E-state index in [-0.39, 0.29) is 11.9 Å². The van der Waals surface area contributed by atoms with Gasteiger partial charge in [-0.05, 0) is 44.0 Å². The Hall–Kier alpha value is -1.99. The van der Waals surface area contributed by atoms with E-state index in [2.05, 4.69) is 41.3 Å². The van der Waals surface area contributed by atoms with E-state index in [9.17, 15) is 4.79 Å². The van der Waals surface area contributed by atoms with E-state index < -0.39 is 0 Å². The van der Waals surface area contributed by atoms with Crippen LogP contribution in [-0.4, -0.2) is 40.4 Å². The van der Waals surface area contributed by atoms with Gasteiger partial charge in [0.2, 0.25) is 4.77 Å². The Kier molecular flexibility index (Phi) is 6.21. The number of carbonyl (C=O) groups excluding carboxylic acids is 1. The summed E-state index contributed by atoms with van der Waals surface area (Å²) in [6.07, 6.45) is 2.95. The second-order valence-corrected chi connectivity index (χ2v) is 7.15. The summed E-state index contributed by atoms with van der Waals surface area (Å²) >= 11 is 5.43. The van der Waals surface area contributed by atoms with Gasteiger partial charge in [-0.25, -0.2) is 4.68 Å². The van der Waals surface area contributed by atoms with Gasteiger partial charge >= 0.3 is 5.97 Å². The second-order valence-electron chi connectivity index (χ2n) is 6.79. The number of nitrogens with one attached hydrogen (secondary N) is 2. The third kappa shape index (κ3) is 4.40. The SMILES string of the molecule is CCOC(=O)[C@H]1CCC[NH+](Cn2[nH]c(-c3ccc(CC)cc3)nc2=S)C1. The summed E-state index contributed by atoms with van der Waals surface area (Å²) in [5, 5.41) is 3.32. The molecule has 140 valence electrons. The lowest BCUT2D eigenvalue weighted by Gasteiger charge is -2.28. The zero-order chi connectivity index (χ0) is 18.5. The lowest BCUT2D eigenvalue weighted by Crippen LogP contribution is -3.13. The molecule has 0 saturated carbocycles. The Morgan fingerprint density at radius 3 is 2.85 bits per heavy atom. The maximum absolute atomic E-state index is 12.0. The van der Waals surface area contributed by atoms with Crippen molar-refractivity contribution in [3.63, 3.8) is 0 Å². The number of aromatic nitrogens is 3. The van der Waals surface area contributed by atoms with E-state index in [1.807, 2.05) is 11.6 Å². The number of piperidine rings is 1. The van der Waals surface area contributed by atoms with Gasteiger partial charge in [0.1, 0.15) is 5.92 Å². The number of quaternary nitrogens is 1. The van der Waals surface area contributed by atoms with Crippen LogP contribution in [0.4, 0.5) is 0 Å². The molecular formula is C19H27N4O2S+. The van der Waals surface area contributed by atoms with E-state index in [4.69, 9.17) is 17.0 Å². The van der Waals surface area contributed by atoms with Crippen LogP contribution in [0.15, 0.2) is 24.3 Å². The molecule has 1 aliphatic heterocycles. The highest BCUT2D eigenvalue weighted by Crippen LogP contribution is 2.16. The molecule has 1 fully saturated rings. The number of esters is 1. The molecule has 1 aromatic heterocycles. The van der Waals surface area contributed by atoms with Gasteiger partial charge in [-0.2, -0.15) is 4.98 Å². The van der Waals surface area contributed by atoms with Crippen LogP contribution >= 0.6 is 12.2 Å². The van der Waals surface area contributed by atoms with Crippen molar-refractivity contribution >= 4 is 18.2 Å². The van der Waals surface area contributed by atoms with Crippen LogP contribution in [0.5, 0.6) is 0 Å². The summed E-state index contributed by atoms with van der Waals surface area (Å²) in [6.45, 7) is 6.93. The number of aryl methyl sites for hydroxylation is 1. The highest BCUT2D eigenvalue weighted by atomic mass is 32.1. The summed E-state index contributed by atoms with van der Waals surface area (Å²) in [4.78, 5) is 17.8. The van der Waals surface area contributed by atoms with E-state index in [0.29, 0.717) is 18.0 Å². The average Bonchev–Trinajstić information content (AvgIpc) is 3.03. The first-order chi connectivity index (χ1) is 12.6. The van der Waals surface area contributed by atoms with Crippen LogP contribution in [0, 0.1) is 10.7 Å². The van der Waals surface area contributed by atoms with Crippen molar-refractivity contribution in [2.24, 2.45) is 5.92 Å². The Bertz CT molecular complexity index is 797. The fourth-order valence-electron chi connectivity index (χ4n) is 3.47. The van der Waals surface area contributed by atoms with Gasteiger partial charge in [0, 0.05) is 5.56 Å². The number of carbonyl (C=O) groups is 1. The number of hydrogen-bond donors (Lipinski definition) is 2. The van der Waals surface area contributed by atoms with Gasteiger partial charge in [0.15, 0.2) is 12.5 Å². The van der Waals surface area contributed by atoms with Crippen molar-refractivity contribution in [3.05, 3.63) is 34.6 Å². The van der Waals surface area contributed by atoms with Gasteiger partial charge in [-0.1, -0.05) is 31.2 Å². The Morgan fingerprint density at radius 1 is 1.38 bits per heavy atom. The fraction of sp³-hybridized carbons (Fsp3) is 0.526. The van der Waals surface area contributed by atoms with Gasteiger partial charge in [0.05, 0.1) is 19.7 Å². The Labute approximate surface area is 159 Å². The molecule has 2 aromatic rings. The lowest BCUT2D eigenvalue weighted by atomic mass is 9.99. The van der Waals surface area contributed by atoms with E-state index in [1.165, 1.54) is 10.5 Å². The first kappa shape index (κ1) is 18.8. The number of rotatable bonds is 6. The summed E-state index contributed by atoms with van der Waals surface area (Å²) in [5.74, 6) is 0.697. The van der Waals surface area contributed by atoms with E-state index in [0.717, 1.165) is 43.7 Å². The predicted molar refractivity (Wildman–Crippen MR) is 102 cm³/mol. The number of nitrogens with zero attached hydrogens (tertiary/aromatic N) is 2. The van der Waals surface area contributed by atoms with Crippen molar-refractivity contribution in [3.8, 4) is 11.4 Å². The van der Waals surface area contributed by atoms with Gasteiger partial charge in [-0.3, -0.25) is 9.89 Å². The van der Waals surface area contributed by atoms with Crippen molar-refractivity contribution in [2.45, 2.75) is 39.8 Å². The molecule has 0 aliphatic carbocycles. The Morgan fingerprint density at radius 2 is 2.15 bits per heavy atom. The van der Waals surface area contributed by atoms with Crippen molar-refractivity contribution in [2.75, 3.05) is 19.7 Å². The third-order valence-electron chi connectivity index (χ3n) is 4.93. The predicted octanol–water partition coefficient (Wildman–Crippen LogP) is 1.99. The second kappa shape index (κ2) is 8.60. The molecule has 26 heavy (non-hydrogen) atoms. The molecule has 2 heterocycles. The zero-order valence-corrected chi connectivity index (χ0v) is 16.3. The molecule has 1 unspecified atom stereocenters. The van der Waals surface area contributed by atoms with Crippen LogP contribution in [0.2, 0.25) is 0 Å². The molecular weight excluding hydrogens is 348 g/mol. The highest BCUT2D eigenvalue weighted by molar-refractivity contribution is 7.71. The highest BCUT2D eigenvalue weighted by Gasteiger charge is 2.30. The molecule has 0 spiro atoms. The lowest BCUT2D eigenvalue weighted by molar-refractivity contribution is -0.930. The smallest absolute Gasteiger partial charge is 0.314 e. The van der Waals surface area contributed by atoms with Gasteiger partial charge in [-0.15, -0.1) is 0 Å². The largest absolute Gasteiger partial charge is 0.466 e. The van der Waals surface area contributed by atoms with E-state index >= 15 is 0 Å². The van der Waals surface area contributed by atoms with Crippen molar-refractivity contribution < 1.29 is 14.4 Å². The molecule has 1 saturated heterocycles. The minimum atomic E-state index is -0.0744. The molecule has 0 bridgehead atoms. The number of ether oxygens (including phenoxy) is 1. The summed E-state index contributed by atoms with van der Waals surface area (Å²) in [7, 11) is 0. The maximum Gasteiger partial charge on any atom is 0.314 e. The minimum absolute atomic E-state index is 0.0168. The van der Waals surface area contributed by atoms with Crippen molar-refractivity contribution in [1.29, 1.82) is 0 Å². The van der Waals surface area contributed by atoms with E-state index in [1.54, 1.807) is 0 Å². The van der Waals surface area contributed by atoms with Gasteiger partial charge in [0.25, 0.3) is 0 Å². The molecule has 1 aromatic carbocycles. The van der Waals surface area contributed by atoms with Gasteiger partial charge < -0.3 is 9.64 Å². The maximum atomic E-state index is 12.0. The summed E-state index contributed by atoms with van der Waals surface area (Å²) < 4.78 is 7.64. The third-order valence-corrected chi connectivity index (χ3v) is 5.25. The first-order valence-corrected chi connectivity index (χ1v) is 9.77. The van der Waals surface area contributed by atoms with Crippen LogP contribution in [0.1, 0.15) is 32.3 Å². The number of benzene rings is 1. The first-order valence-electron chi connectivity index (χ1n) is 9.37. The normalized spacial score (nSPS) is 20.1. The average molecular weight is 376 g/mol. The van der Waals surface area contributed by atoms with Crippen LogP contribution in [0.3, 0.4) is 0 Å². The Balaban J connectivity index is 1.69. The number of aromatic amines is 1. The molecule has 2 atom stereocenters. The molecule has 7 heteroatoms. The molecule has 0 radical (unpaired) electrons. The zero-order valence-electron chi connectivity index (χ0n) is 15.5. The molecule has 2 N–H and O–H groups in total. The van der Waals surface area contributed by atoms with Crippen LogP contribution in [-0.2, 0) is 22.6 Å². The standard InChI is InChI=1S/C19H26N4O2S/c1-3-14-7-9-15(10-8-14)17-20-19(26)23(21-17)13-22-11-5-6-16(12-22)18(24)25-4-2/h7-10,16H,3-6,11-13H2,1-2H3,(H,20,21,26)/p+1/t16-/m0/s1. The van der Waals surface area contributed by atoms with Crippen LogP contribution in [0.25, 0.3) is 11.4 Å².